The molecule has 1 amide bonds. The average Bonchev–Trinajstić information content (AvgIpc) is 2.48. The zero-order valence-electron chi connectivity index (χ0n) is 11.9. The maximum atomic E-state index is 13.8. The Hall–Kier alpha value is -2.43. The van der Waals surface area contributed by atoms with E-state index in [9.17, 15) is 13.6 Å². The number of hydrogen-bond donors (Lipinski definition) is 1. The lowest BCUT2D eigenvalue weighted by Gasteiger charge is -2.19. The first-order valence-electron chi connectivity index (χ1n) is 6.60. The maximum Gasteiger partial charge on any atom is 0.260 e. The SMILES string of the molecule is CCNc1c(F)cccc1C(=O)N(C)c1cccc(F)c1. The Kier molecular flexibility index (Phi) is 4.52. The normalized spacial score (nSPS) is 10.3. The van der Waals surface area contributed by atoms with E-state index in [1.54, 1.807) is 12.1 Å². The number of halogens is 2. The van der Waals surface area contributed by atoms with Gasteiger partial charge in [-0.3, -0.25) is 4.79 Å². The Morgan fingerprint density at radius 3 is 2.57 bits per heavy atom. The summed E-state index contributed by atoms with van der Waals surface area (Å²) >= 11 is 0. The van der Waals surface area contributed by atoms with Crippen LogP contribution in [0.1, 0.15) is 17.3 Å². The fourth-order valence-electron chi connectivity index (χ4n) is 2.04. The highest BCUT2D eigenvalue weighted by atomic mass is 19.1. The van der Waals surface area contributed by atoms with Crippen molar-refractivity contribution >= 4 is 17.3 Å². The van der Waals surface area contributed by atoms with Gasteiger partial charge in [0.1, 0.15) is 11.6 Å². The topological polar surface area (TPSA) is 32.3 Å². The summed E-state index contributed by atoms with van der Waals surface area (Å²) in [5, 5.41) is 2.85. The molecule has 0 bridgehead atoms. The number of rotatable bonds is 4. The highest BCUT2D eigenvalue weighted by Crippen LogP contribution is 2.23. The van der Waals surface area contributed by atoms with E-state index in [0.717, 1.165) is 0 Å². The molecule has 0 fully saturated rings. The van der Waals surface area contributed by atoms with Crippen molar-refractivity contribution in [2.45, 2.75) is 6.92 Å². The first-order chi connectivity index (χ1) is 10.0. The van der Waals surface area contributed by atoms with E-state index in [-0.39, 0.29) is 11.3 Å². The van der Waals surface area contributed by atoms with Gasteiger partial charge in [-0.1, -0.05) is 12.1 Å². The second-order valence-corrected chi connectivity index (χ2v) is 4.54. The zero-order chi connectivity index (χ0) is 15.4. The van der Waals surface area contributed by atoms with Crippen LogP contribution in [0.3, 0.4) is 0 Å². The minimum atomic E-state index is -0.490. The second kappa shape index (κ2) is 6.35. The molecule has 0 saturated carbocycles. The lowest BCUT2D eigenvalue weighted by Crippen LogP contribution is -2.27. The minimum absolute atomic E-state index is 0.160. The first-order valence-corrected chi connectivity index (χ1v) is 6.60. The van der Waals surface area contributed by atoms with Crippen LogP contribution in [0.5, 0.6) is 0 Å². The lowest BCUT2D eigenvalue weighted by atomic mass is 10.1. The smallest absolute Gasteiger partial charge is 0.260 e. The summed E-state index contributed by atoms with van der Waals surface area (Å²) in [4.78, 5) is 13.8. The van der Waals surface area contributed by atoms with Gasteiger partial charge >= 0.3 is 0 Å². The maximum absolute atomic E-state index is 13.8. The van der Waals surface area contributed by atoms with E-state index in [1.807, 2.05) is 6.92 Å². The summed E-state index contributed by atoms with van der Waals surface area (Å²) in [6.45, 7) is 2.31. The summed E-state index contributed by atoms with van der Waals surface area (Å²) in [6, 6.07) is 10.00. The van der Waals surface area contributed by atoms with Crippen LogP contribution in [0.25, 0.3) is 0 Å². The number of nitrogens with one attached hydrogen (secondary N) is 1. The third kappa shape index (κ3) is 3.18. The summed E-state index contributed by atoms with van der Waals surface area (Å²) in [6.07, 6.45) is 0. The van der Waals surface area contributed by atoms with Crippen LogP contribution >= 0.6 is 0 Å². The number of para-hydroxylation sites is 1. The predicted molar refractivity (Wildman–Crippen MR) is 79.7 cm³/mol. The van der Waals surface area contributed by atoms with Gasteiger partial charge in [0, 0.05) is 19.3 Å². The number of nitrogens with zero attached hydrogens (tertiary/aromatic N) is 1. The molecule has 3 nitrogen and oxygen atoms in total. The molecular weight excluding hydrogens is 274 g/mol. The first kappa shape index (κ1) is 15.0. The van der Waals surface area contributed by atoms with Crippen LogP contribution in [0, 0.1) is 11.6 Å². The molecule has 2 aromatic carbocycles. The molecule has 0 aliphatic heterocycles. The Labute approximate surface area is 122 Å². The van der Waals surface area contributed by atoms with Gasteiger partial charge in [0.25, 0.3) is 5.91 Å². The van der Waals surface area contributed by atoms with Crippen LogP contribution in [-0.2, 0) is 0 Å². The van der Waals surface area contributed by atoms with Crippen LogP contribution in [0.15, 0.2) is 42.5 Å². The number of amides is 1. The van der Waals surface area contributed by atoms with E-state index in [4.69, 9.17) is 0 Å². The molecule has 0 aliphatic rings. The molecule has 1 N–H and O–H groups in total. The molecule has 0 spiro atoms. The predicted octanol–water partition coefficient (Wildman–Crippen LogP) is 3.67. The van der Waals surface area contributed by atoms with Gasteiger partial charge < -0.3 is 10.2 Å². The molecule has 0 atom stereocenters. The van der Waals surface area contributed by atoms with Gasteiger partial charge in [-0.2, -0.15) is 0 Å². The molecule has 21 heavy (non-hydrogen) atoms. The average molecular weight is 290 g/mol. The molecule has 0 unspecified atom stereocenters. The number of carbonyl (C=O) groups is 1. The number of carbonyl (C=O) groups excluding carboxylic acids is 1. The van der Waals surface area contributed by atoms with E-state index in [2.05, 4.69) is 5.32 Å². The molecule has 0 aromatic heterocycles. The van der Waals surface area contributed by atoms with Crippen molar-refractivity contribution in [2.75, 3.05) is 23.8 Å². The van der Waals surface area contributed by atoms with Crippen molar-refractivity contribution in [1.29, 1.82) is 0 Å². The molecule has 5 heteroatoms. The van der Waals surface area contributed by atoms with Crippen LogP contribution in [0.4, 0.5) is 20.2 Å². The van der Waals surface area contributed by atoms with E-state index >= 15 is 0 Å². The zero-order valence-corrected chi connectivity index (χ0v) is 11.9. The number of hydrogen-bond acceptors (Lipinski definition) is 2. The van der Waals surface area contributed by atoms with Crippen LogP contribution in [-0.4, -0.2) is 19.5 Å². The summed E-state index contributed by atoms with van der Waals surface area (Å²) in [5.41, 5.74) is 0.781. The summed E-state index contributed by atoms with van der Waals surface area (Å²) < 4.78 is 27.1. The third-order valence-electron chi connectivity index (χ3n) is 3.10. The second-order valence-electron chi connectivity index (χ2n) is 4.54. The van der Waals surface area contributed by atoms with Gasteiger partial charge in [0.2, 0.25) is 0 Å². The third-order valence-corrected chi connectivity index (χ3v) is 3.10. The van der Waals surface area contributed by atoms with Gasteiger partial charge in [-0.15, -0.1) is 0 Å². The molecule has 110 valence electrons. The fraction of sp³-hybridized carbons (Fsp3) is 0.188. The largest absolute Gasteiger partial charge is 0.382 e. The van der Waals surface area contributed by atoms with E-state index in [0.29, 0.717) is 12.2 Å². The molecule has 0 radical (unpaired) electrons. The number of benzene rings is 2. The van der Waals surface area contributed by atoms with Crippen molar-refractivity contribution in [1.82, 2.24) is 0 Å². The Balaban J connectivity index is 2.38. The van der Waals surface area contributed by atoms with Crippen molar-refractivity contribution in [2.24, 2.45) is 0 Å². The highest BCUT2D eigenvalue weighted by Gasteiger charge is 2.19. The monoisotopic (exact) mass is 290 g/mol. The molecule has 0 saturated heterocycles. The van der Waals surface area contributed by atoms with Gasteiger partial charge in [-0.25, -0.2) is 8.78 Å². The Bertz CT molecular complexity index is 658. The highest BCUT2D eigenvalue weighted by molar-refractivity contribution is 6.09. The molecule has 2 aromatic rings. The summed E-state index contributed by atoms with van der Waals surface area (Å²) in [7, 11) is 1.53. The van der Waals surface area contributed by atoms with Crippen molar-refractivity contribution < 1.29 is 13.6 Å². The molecule has 2 rings (SSSR count). The summed E-state index contributed by atoms with van der Waals surface area (Å²) in [5.74, 6) is -1.33. The Morgan fingerprint density at radius 1 is 1.19 bits per heavy atom. The van der Waals surface area contributed by atoms with E-state index in [1.165, 1.54) is 42.3 Å². The van der Waals surface area contributed by atoms with E-state index < -0.39 is 17.5 Å². The minimum Gasteiger partial charge on any atom is -0.382 e. The van der Waals surface area contributed by atoms with Crippen molar-refractivity contribution in [3.05, 3.63) is 59.7 Å². The number of anilines is 2. The Morgan fingerprint density at radius 2 is 1.90 bits per heavy atom. The van der Waals surface area contributed by atoms with Crippen LogP contribution < -0.4 is 10.2 Å². The van der Waals surface area contributed by atoms with Crippen LogP contribution in [0.2, 0.25) is 0 Å². The molecule has 0 aliphatic carbocycles. The standard InChI is InChI=1S/C16H16F2N2O/c1-3-19-15-13(8-5-9-14(15)18)16(21)20(2)12-7-4-6-11(17)10-12/h4-10,19H,3H2,1-2H3. The molecule has 0 heterocycles. The quantitative estimate of drug-likeness (QED) is 0.931. The van der Waals surface area contributed by atoms with Gasteiger partial charge in [0.05, 0.1) is 11.3 Å². The van der Waals surface area contributed by atoms with Gasteiger partial charge in [0.15, 0.2) is 0 Å². The lowest BCUT2D eigenvalue weighted by molar-refractivity contribution is 0.0993. The van der Waals surface area contributed by atoms with Gasteiger partial charge in [-0.05, 0) is 37.3 Å². The van der Waals surface area contributed by atoms with Crippen molar-refractivity contribution in [3.8, 4) is 0 Å². The fourth-order valence-corrected chi connectivity index (χ4v) is 2.04. The molecular formula is C16H16F2N2O. The van der Waals surface area contributed by atoms with Crippen molar-refractivity contribution in [3.63, 3.8) is 0 Å².